The number of nitrogens with one attached hydrogen (secondary N) is 1. The molecule has 0 aliphatic rings. The summed E-state index contributed by atoms with van der Waals surface area (Å²) in [4.78, 5) is 25.0. The summed E-state index contributed by atoms with van der Waals surface area (Å²) in [5.74, 6) is 0. The third-order valence-corrected chi connectivity index (χ3v) is 4.48. The third kappa shape index (κ3) is 5.95. The van der Waals surface area contributed by atoms with Crippen molar-refractivity contribution in [2.45, 2.75) is 12.5 Å². The smallest absolute Gasteiger partial charge is 0.355 e. The number of hydrogen-bond donors (Lipinski definition) is 2. The number of aliphatic hydroxyl groups is 1. The molecular weight excluding hydrogens is 347 g/mol. The maximum absolute atomic E-state index is 11.9. The fraction of sp³-hybridized carbons (Fsp3) is 0.667. The van der Waals surface area contributed by atoms with Crippen molar-refractivity contribution in [2.24, 2.45) is 0 Å². The molecule has 0 radical (unpaired) electrons. The van der Waals surface area contributed by atoms with E-state index in [1.165, 1.54) is 27.5 Å². The van der Waals surface area contributed by atoms with E-state index in [1.807, 2.05) is 0 Å². The molecule has 0 aliphatic heterocycles. The molecule has 138 valence electrons. The van der Waals surface area contributed by atoms with Crippen LogP contribution in [0.4, 0.5) is 0 Å². The number of hydrogen-bond acceptors (Lipinski definition) is 9. The van der Waals surface area contributed by atoms with Crippen molar-refractivity contribution < 1.29 is 32.9 Å². The molecule has 11 nitrogen and oxygen atoms in total. The summed E-state index contributed by atoms with van der Waals surface area (Å²) in [7, 11) is 0.306. The topological polar surface area (TPSA) is 138 Å². The molecule has 0 unspecified atom stereocenters. The van der Waals surface area contributed by atoms with Crippen molar-refractivity contribution in [3.05, 3.63) is 33.1 Å². The Balaban J connectivity index is 2.86. The fourth-order valence-electron chi connectivity index (χ4n) is 1.65. The fourth-order valence-corrected chi connectivity index (χ4v) is 2.36. The molecule has 0 fully saturated rings. The average molecular weight is 368 g/mol. The second-order valence-electron chi connectivity index (χ2n) is 4.45. The quantitative estimate of drug-likeness (QED) is 0.390. The molecule has 0 aliphatic carbocycles. The van der Waals surface area contributed by atoms with E-state index in [9.17, 15) is 19.3 Å². The zero-order chi connectivity index (χ0) is 18.2. The van der Waals surface area contributed by atoms with Crippen LogP contribution in [0.2, 0.25) is 0 Å². The van der Waals surface area contributed by atoms with Crippen LogP contribution in [0.3, 0.4) is 0 Å². The maximum atomic E-state index is 11.9. The highest BCUT2D eigenvalue weighted by Gasteiger charge is 2.26. The minimum atomic E-state index is -3.46. The number of aliphatic hydroxyl groups excluding tert-OH is 1. The van der Waals surface area contributed by atoms with Gasteiger partial charge in [-0.05, 0) is 0 Å². The van der Waals surface area contributed by atoms with E-state index in [0.29, 0.717) is 0 Å². The van der Waals surface area contributed by atoms with Gasteiger partial charge in [-0.1, -0.05) is 0 Å². The Morgan fingerprint density at radius 2 is 1.96 bits per heavy atom. The van der Waals surface area contributed by atoms with E-state index in [-0.39, 0.29) is 6.61 Å². The normalized spacial score (nSPS) is 14.5. The first-order chi connectivity index (χ1) is 11.4. The lowest BCUT2D eigenvalue weighted by molar-refractivity contribution is -0.210. The van der Waals surface area contributed by atoms with Crippen molar-refractivity contribution in [1.29, 1.82) is 0 Å². The van der Waals surface area contributed by atoms with E-state index in [0.717, 1.165) is 10.6 Å². The van der Waals surface area contributed by atoms with Crippen molar-refractivity contribution in [3.8, 4) is 0 Å². The summed E-state index contributed by atoms with van der Waals surface area (Å²) in [6, 6.07) is 1.13. The molecule has 0 saturated heterocycles. The number of methoxy groups -OCH3 is 1. The van der Waals surface area contributed by atoms with Crippen molar-refractivity contribution >= 4 is 7.60 Å². The highest BCUT2D eigenvalue weighted by atomic mass is 31.2. The SMILES string of the molecule is COC[C@@H](O[C@@H](CO)OCP(=O)(OC)OC)n1ccc(=O)[nH]c1=O. The van der Waals surface area contributed by atoms with Crippen LogP contribution < -0.4 is 11.2 Å². The largest absolute Gasteiger partial charge is 0.391 e. The van der Waals surface area contributed by atoms with Crippen LogP contribution in [0.1, 0.15) is 6.23 Å². The molecule has 0 saturated carbocycles. The Morgan fingerprint density at radius 3 is 2.46 bits per heavy atom. The average Bonchev–Trinajstić information content (AvgIpc) is 2.57. The molecule has 24 heavy (non-hydrogen) atoms. The maximum Gasteiger partial charge on any atom is 0.355 e. The second-order valence-corrected chi connectivity index (χ2v) is 6.66. The van der Waals surface area contributed by atoms with Crippen molar-refractivity contribution in [3.63, 3.8) is 0 Å². The molecule has 0 amide bonds. The van der Waals surface area contributed by atoms with Gasteiger partial charge in [0.1, 0.15) is 0 Å². The summed E-state index contributed by atoms with van der Waals surface area (Å²) in [6.45, 7) is -0.663. The number of rotatable bonds is 11. The summed E-state index contributed by atoms with van der Waals surface area (Å²) in [5, 5.41) is 9.34. The van der Waals surface area contributed by atoms with Crippen LogP contribution in [-0.2, 0) is 27.8 Å². The number of ether oxygens (including phenoxy) is 3. The standard InChI is InChI=1S/C12H21N2O9P/c1-19-7-10(14-5-4-9(16)13-12(14)17)23-11(6-15)22-8-24(18,20-2)21-3/h4-5,10-11,15H,6-8H2,1-3H3,(H,13,16,17)/t10-,11+/m1/s1. The molecule has 0 aromatic carbocycles. The first kappa shape index (κ1) is 20.7. The highest BCUT2D eigenvalue weighted by Crippen LogP contribution is 2.46. The van der Waals surface area contributed by atoms with Crippen LogP contribution in [0, 0.1) is 0 Å². The molecule has 1 aromatic heterocycles. The van der Waals surface area contributed by atoms with Crippen LogP contribution in [0.5, 0.6) is 0 Å². The summed E-state index contributed by atoms with van der Waals surface area (Å²) < 4.78 is 38.0. The summed E-state index contributed by atoms with van der Waals surface area (Å²) in [6.07, 6.45) is -1.48. The highest BCUT2D eigenvalue weighted by molar-refractivity contribution is 7.53. The zero-order valence-electron chi connectivity index (χ0n) is 13.5. The lowest BCUT2D eigenvalue weighted by atomic mass is 10.5. The third-order valence-electron chi connectivity index (χ3n) is 2.90. The van der Waals surface area contributed by atoms with Gasteiger partial charge in [-0.15, -0.1) is 0 Å². The van der Waals surface area contributed by atoms with Gasteiger partial charge in [-0.3, -0.25) is 18.9 Å². The van der Waals surface area contributed by atoms with Crippen molar-refractivity contribution in [1.82, 2.24) is 9.55 Å². The van der Waals surface area contributed by atoms with Crippen LogP contribution in [0.25, 0.3) is 0 Å². The van der Waals surface area contributed by atoms with E-state index < -0.39 is 44.3 Å². The Labute approximate surface area is 137 Å². The lowest BCUT2D eigenvalue weighted by Crippen LogP contribution is -2.37. The summed E-state index contributed by atoms with van der Waals surface area (Å²) in [5.41, 5.74) is -1.29. The van der Waals surface area contributed by atoms with E-state index >= 15 is 0 Å². The molecule has 0 bridgehead atoms. The Hall–Kier alpha value is -1.33. The van der Waals surface area contributed by atoms with Gasteiger partial charge in [0.25, 0.3) is 5.56 Å². The van der Waals surface area contributed by atoms with Crippen molar-refractivity contribution in [2.75, 3.05) is 40.9 Å². The molecule has 2 N–H and O–H groups in total. The Morgan fingerprint density at radius 1 is 1.29 bits per heavy atom. The molecule has 1 heterocycles. The first-order valence-electron chi connectivity index (χ1n) is 6.78. The lowest BCUT2D eigenvalue weighted by Gasteiger charge is -2.25. The van der Waals surface area contributed by atoms with Crippen LogP contribution in [0.15, 0.2) is 21.9 Å². The van der Waals surface area contributed by atoms with E-state index in [1.54, 1.807) is 0 Å². The van der Waals surface area contributed by atoms with Gasteiger partial charge in [0.2, 0.25) is 0 Å². The molecule has 1 aromatic rings. The van der Waals surface area contributed by atoms with Gasteiger partial charge in [-0.2, -0.15) is 0 Å². The predicted octanol–water partition coefficient (Wildman–Crippen LogP) is -0.523. The summed E-state index contributed by atoms with van der Waals surface area (Å²) >= 11 is 0. The Bertz CT molecular complexity index is 650. The molecule has 0 spiro atoms. The molecule has 1 rings (SSSR count). The van der Waals surface area contributed by atoms with Gasteiger partial charge in [0.15, 0.2) is 18.9 Å². The monoisotopic (exact) mass is 368 g/mol. The van der Waals surface area contributed by atoms with Gasteiger partial charge in [-0.25, -0.2) is 4.79 Å². The number of H-pyrrole nitrogens is 1. The predicted molar refractivity (Wildman–Crippen MR) is 81.8 cm³/mol. The number of aromatic nitrogens is 2. The molecule has 2 atom stereocenters. The second kappa shape index (κ2) is 9.84. The zero-order valence-corrected chi connectivity index (χ0v) is 14.4. The molecule has 12 heteroatoms. The van der Waals surface area contributed by atoms with Crippen LogP contribution >= 0.6 is 7.60 Å². The number of nitrogens with zero attached hydrogens (tertiary/aromatic N) is 1. The minimum Gasteiger partial charge on any atom is -0.391 e. The first-order valence-corrected chi connectivity index (χ1v) is 8.50. The Kier molecular flexibility index (Phi) is 8.50. The van der Waals surface area contributed by atoms with Gasteiger partial charge in [0.05, 0.1) is 13.2 Å². The van der Waals surface area contributed by atoms with E-state index in [4.69, 9.17) is 23.3 Å². The minimum absolute atomic E-state index is 0.0714. The van der Waals surface area contributed by atoms with E-state index in [2.05, 4.69) is 4.98 Å². The number of aromatic amines is 1. The molecular formula is C12H21N2O9P. The van der Waals surface area contributed by atoms with Gasteiger partial charge >= 0.3 is 13.3 Å². The van der Waals surface area contributed by atoms with Crippen LogP contribution in [-0.4, -0.2) is 61.8 Å². The van der Waals surface area contributed by atoms with Gasteiger partial charge < -0.3 is 28.4 Å². The van der Waals surface area contributed by atoms with Gasteiger partial charge in [0, 0.05) is 33.6 Å².